The van der Waals surface area contributed by atoms with Gasteiger partial charge in [-0.3, -0.25) is 0 Å². The smallest absolute Gasteiger partial charge is 0.351 e. The van der Waals surface area contributed by atoms with Gasteiger partial charge in [0.05, 0.1) is 0 Å². The van der Waals surface area contributed by atoms with Crippen molar-refractivity contribution in [3.05, 3.63) is 132 Å². The van der Waals surface area contributed by atoms with Crippen molar-refractivity contribution < 1.29 is 38.7 Å². The maximum absolute atomic E-state index is 12.9. The largest absolute Gasteiger partial charge is 0.408 e. The van der Waals surface area contributed by atoms with Crippen LogP contribution in [0.25, 0.3) is 0 Å². The summed E-state index contributed by atoms with van der Waals surface area (Å²) in [5.74, 6) is -2.96. The topological polar surface area (TPSA) is 123 Å². The second-order valence-corrected chi connectivity index (χ2v) is 19.1. The van der Waals surface area contributed by atoms with Gasteiger partial charge in [0.15, 0.2) is 24.8 Å². The number of rotatable bonds is 24. The highest BCUT2D eigenvalue weighted by atomic mass is 31.1. The van der Waals surface area contributed by atoms with Crippen molar-refractivity contribution in [3.63, 3.8) is 0 Å². The average molecular weight is 791 g/mol. The summed E-state index contributed by atoms with van der Waals surface area (Å²) in [6.45, 7) is 9.16. The third kappa shape index (κ3) is 14.0. The minimum absolute atomic E-state index is 0.125. The van der Waals surface area contributed by atoms with Gasteiger partial charge in [0.1, 0.15) is 0 Å². The summed E-state index contributed by atoms with van der Waals surface area (Å²) < 4.78 is 29.4. The second kappa shape index (κ2) is 23.1. The van der Waals surface area contributed by atoms with E-state index in [4.69, 9.17) is 0 Å². The molecule has 0 aliphatic carbocycles. The summed E-state index contributed by atoms with van der Waals surface area (Å²) in [5, 5.41) is 42.4. The summed E-state index contributed by atoms with van der Waals surface area (Å²) in [7, 11) is -4.55. The predicted octanol–water partition coefficient (Wildman–Crippen LogP) is 9.22. The van der Waals surface area contributed by atoms with E-state index in [2.05, 4.69) is 88.4 Å². The average Bonchev–Trinajstić information content (AvgIpc) is 3.22. The van der Waals surface area contributed by atoms with E-state index in [0.717, 1.165) is 25.7 Å². The lowest BCUT2D eigenvalue weighted by Gasteiger charge is -2.20. The molecule has 55 heavy (non-hydrogen) atoms. The predicted molar refractivity (Wildman–Crippen MR) is 221 cm³/mol. The molecule has 0 spiro atoms. The molecule has 4 rings (SSSR count). The zero-order valence-electron chi connectivity index (χ0n) is 33.2. The van der Waals surface area contributed by atoms with Crippen molar-refractivity contribution in [2.24, 2.45) is 0 Å². The molecule has 4 N–H and O–H groups in total. The lowest BCUT2D eigenvalue weighted by atomic mass is 9.85. The number of aromatic nitrogens is 2. The van der Waals surface area contributed by atoms with E-state index in [1.807, 2.05) is 53.6 Å². The molecule has 0 fully saturated rings. The van der Waals surface area contributed by atoms with Crippen LogP contribution in [-0.2, 0) is 22.2 Å². The fourth-order valence-corrected chi connectivity index (χ4v) is 9.88. The Morgan fingerprint density at radius 1 is 0.491 bits per heavy atom. The number of pyridine rings is 2. The molecule has 10 unspecified atom stereocenters. The highest BCUT2D eigenvalue weighted by molar-refractivity contribution is 7.46. The third-order valence-corrected chi connectivity index (χ3v) is 14.3. The van der Waals surface area contributed by atoms with E-state index >= 15 is 0 Å². The van der Waals surface area contributed by atoms with Gasteiger partial charge in [-0.25, -0.2) is 0 Å². The molecular formula is C45H64N2O6P2+4. The van der Waals surface area contributed by atoms with E-state index in [9.17, 15) is 29.6 Å². The molecule has 0 amide bonds. The van der Waals surface area contributed by atoms with Crippen LogP contribution in [0.5, 0.6) is 0 Å². The van der Waals surface area contributed by atoms with Crippen LogP contribution in [0, 0.1) is 0 Å². The van der Waals surface area contributed by atoms with Gasteiger partial charge in [-0.15, -0.1) is 0 Å². The monoisotopic (exact) mass is 790 g/mol. The summed E-state index contributed by atoms with van der Waals surface area (Å²) >= 11 is 0. The van der Waals surface area contributed by atoms with Crippen molar-refractivity contribution in [2.45, 2.75) is 146 Å². The first-order valence-electron chi connectivity index (χ1n) is 20.2. The maximum Gasteiger partial charge on any atom is 0.408 e. The quantitative estimate of drug-likeness (QED) is 0.0319. The SMILES string of the molecule is CCC(CC(C)c1cc[n+](CC(O)[P+](=O)C(O)CCCCCC(O)[P+](=O)C(O)C[n+]2ccc(C(CC)CC(C)c3ccccc3)cc2)cc1)c1ccccc1. The van der Waals surface area contributed by atoms with E-state index in [1.54, 1.807) is 4.57 Å². The zero-order chi connectivity index (χ0) is 39.7. The number of aliphatic hydroxyl groups excluding tert-OH is 4. The molecule has 0 aliphatic rings. The molecule has 2 aromatic heterocycles. The molecule has 10 atom stereocenters. The van der Waals surface area contributed by atoms with Crippen molar-refractivity contribution in [1.82, 2.24) is 0 Å². The Kier molecular flexibility index (Phi) is 18.7. The minimum atomic E-state index is -2.28. The Hall–Kier alpha value is -3.22. The van der Waals surface area contributed by atoms with E-state index < -0.39 is 39.0 Å². The number of aliphatic hydroxyl groups is 4. The Labute approximate surface area is 330 Å². The van der Waals surface area contributed by atoms with Crippen LogP contribution in [0.15, 0.2) is 110 Å². The number of nitrogens with zero attached hydrogens (tertiary/aromatic N) is 2. The molecule has 2 heterocycles. The summed E-state index contributed by atoms with van der Waals surface area (Å²) in [6, 6.07) is 29.4. The molecule has 0 saturated heterocycles. The van der Waals surface area contributed by atoms with E-state index in [-0.39, 0.29) is 25.9 Å². The fraction of sp³-hybridized carbons (Fsp3) is 0.511. The van der Waals surface area contributed by atoms with Crippen molar-refractivity contribution in [1.29, 1.82) is 0 Å². The number of unbranched alkanes of at least 4 members (excludes halogenated alkanes) is 2. The van der Waals surface area contributed by atoms with Crippen LogP contribution in [0.4, 0.5) is 0 Å². The van der Waals surface area contributed by atoms with Gasteiger partial charge in [0.25, 0.3) is 11.7 Å². The molecular weight excluding hydrogens is 726 g/mol. The van der Waals surface area contributed by atoms with Crippen molar-refractivity contribution >= 4 is 15.6 Å². The molecule has 0 saturated carbocycles. The Morgan fingerprint density at radius 2 is 0.836 bits per heavy atom. The van der Waals surface area contributed by atoms with Gasteiger partial charge in [-0.1, -0.05) is 104 Å². The Balaban J connectivity index is 1.13. The Bertz CT molecular complexity index is 1710. The van der Waals surface area contributed by atoms with Crippen LogP contribution in [0.2, 0.25) is 0 Å². The van der Waals surface area contributed by atoms with Gasteiger partial charge in [0.2, 0.25) is 13.1 Å². The van der Waals surface area contributed by atoms with E-state index in [0.29, 0.717) is 42.9 Å². The summed E-state index contributed by atoms with van der Waals surface area (Å²) in [6.07, 6.45) is 14.0. The molecule has 8 nitrogen and oxygen atoms in total. The highest BCUT2D eigenvalue weighted by Crippen LogP contribution is 2.37. The molecule has 10 heteroatoms. The molecule has 296 valence electrons. The van der Waals surface area contributed by atoms with Gasteiger partial charge in [-0.05, 0) is 84.5 Å². The molecule has 0 radical (unpaired) electrons. The first-order valence-corrected chi connectivity index (χ1v) is 23.0. The van der Waals surface area contributed by atoms with Crippen molar-refractivity contribution in [3.8, 4) is 0 Å². The minimum Gasteiger partial charge on any atom is -0.351 e. The van der Waals surface area contributed by atoms with Gasteiger partial charge < -0.3 is 20.4 Å². The van der Waals surface area contributed by atoms with Gasteiger partial charge in [0, 0.05) is 37.1 Å². The second-order valence-electron chi connectivity index (χ2n) is 15.2. The number of benzene rings is 2. The van der Waals surface area contributed by atoms with Crippen molar-refractivity contribution in [2.75, 3.05) is 0 Å². The van der Waals surface area contributed by atoms with Crippen LogP contribution in [-0.4, -0.2) is 43.8 Å². The van der Waals surface area contributed by atoms with Gasteiger partial charge >= 0.3 is 27.3 Å². The first kappa shape index (κ1) is 44.5. The molecule has 2 aromatic carbocycles. The lowest BCUT2D eigenvalue weighted by molar-refractivity contribution is -0.700. The third-order valence-electron chi connectivity index (χ3n) is 11.1. The standard InChI is InChI=1S/C45H64N2O6P2/c1-5-36(40-18-12-8-13-19-40)31-35(4)39-22-26-46(27-23-39)32-44(50)54(52)42(48)20-14-9-15-21-43(49)55(53)45(51)33-47-28-24-41(25-29-47)37(6-2)30-34(3)38-16-10-7-11-17-38/h7-8,10-13,16-19,22-29,34-37,42-45,48-51H,5-6,9,14-15,20-21,30-33H2,1-4H3/q+4. The maximum atomic E-state index is 12.9. The van der Waals surface area contributed by atoms with Crippen LogP contribution in [0.1, 0.15) is 131 Å². The number of hydrogen-bond acceptors (Lipinski definition) is 6. The summed E-state index contributed by atoms with van der Waals surface area (Å²) in [4.78, 5) is 0. The highest BCUT2D eigenvalue weighted by Gasteiger charge is 2.40. The lowest BCUT2D eigenvalue weighted by Crippen LogP contribution is -2.38. The van der Waals surface area contributed by atoms with Gasteiger partial charge in [-0.2, -0.15) is 9.13 Å². The fourth-order valence-electron chi connectivity index (χ4n) is 7.51. The first-order chi connectivity index (χ1) is 26.5. The zero-order valence-corrected chi connectivity index (χ0v) is 35.0. The van der Waals surface area contributed by atoms with E-state index in [1.165, 1.54) is 22.3 Å². The Morgan fingerprint density at radius 3 is 1.24 bits per heavy atom. The molecule has 0 aliphatic heterocycles. The summed E-state index contributed by atoms with van der Waals surface area (Å²) in [5.41, 5.74) is 5.14. The van der Waals surface area contributed by atoms with Crippen LogP contribution < -0.4 is 9.13 Å². The number of hydrogen-bond donors (Lipinski definition) is 4. The van der Waals surface area contributed by atoms with Crippen LogP contribution >= 0.6 is 15.6 Å². The van der Waals surface area contributed by atoms with Crippen LogP contribution in [0.3, 0.4) is 0 Å². The molecule has 0 bridgehead atoms. The normalized spacial score (nSPS) is 16.7. The molecule has 4 aromatic rings.